The van der Waals surface area contributed by atoms with Crippen molar-refractivity contribution in [3.05, 3.63) is 77.6 Å². The predicted octanol–water partition coefficient (Wildman–Crippen LogP) is 4.86. The molecule has 0 aliphatic heterocycles. The number of rotatable bonds is 7. The maximum Gasteiger partial charge on any atom is 0.253 e. The third-order valence-corrected chi connectivity index (χ3v) is 4.69. The van der Waals surface area contributed by atoms with Crippen molar-refractivity contribution in [2.45, 2.75) is 26.9 Å². The number of benzene rings is 2. The Hall–Kier alpha value is -3.32. The monoisotopic (exact) mass is 392 g/mol. The largest absolute Gasteiger partial charge is 0.419 e. The molecule has 4 aromatic rings. The van der Waals surface area contributed by atoms with E-state index in [1.54, 1.807) is 6.07 Å². The predicted molar refractivity (Wildman–Crippen MR) is 106 cm³/mol. The van der Waals surface area contributed by atoms with Crippen LogP contribution < -0.4 is 0 Å². The minimum Gasteiger partial charge on any atom is -0.419 e. The number of halogens is 1. The number of aromatic nitrogens is 3. The third-order valence-electron chi connectivity index (χ3n) is 4.69. The highest BCUT2D eigenvalue weighted by molar-refractivity contribution is 5.77. The Labute approximate surface area is 168 Å². The zero-order chi connectivity index (χ0) is 20.2. The zero-order valence-electron chi connectivity index (χ0n) is 16.3. The van der Waals surface area contributed by atoms with Crippen molar-refractivity contribution < 1.29 is 13.3 Å². The Morgan fingerprint density at radius 2 is 1.83 bits per heavy atom. The van der Waals surface area contributed by atoms with Gasteiger partial charge in [0, 0.05) is 12.1 Å². The van der Waals surface area contributed by atoms with E-state index in [2.05, 4.69) is 20.3 Å². The van der Waals surface area contributed by atoms with Gasteiger partial charge in [-0.15, -0.1) is 10.2 Å². The summed E-state index contributed by atoms with van der Waals surface area (Å²) in [6, 6.07) is 16.3. The van der Waals surface area contributed by atoms with Gasteiger partial charge >= 0.3 is 0 Å². The molecule has 0 fully saturated rings. The van der Waals surface area contributed by atoms with Crippen LogP contribution >= 0.6 is 0 Å². The van der Waals surface area contributed by atoms with Crippen LogP contribution in [-0.4, -0.2) is 26.8 Å². The molecule has 0 unspecified atom stereocenters. The minimum atomic E-state index is -0.241. The molecule has 148 valence electrons. The standard InChI is InChI=1S/C22H21FN4O2/c1-3-27(13-16-8-7-11-18(23)12-16)14-19-24-25-22(28-19)20-15(2)29-26-21(20)17-9-5-4-6-10-17/h4-12H,3,13-14H2,1-2H3. The van der Waals surface area contributed by atoms with E-state index in [4.69, 9.17) is 8.94 Å². The first kappa shape index (κ1) is 19.0. The molecule has 6 nitrogen and oxygen atoms in total. The SMILES string of the molecule is CCN(Cc1cccc(F)c1)Cc1nnc(-c2c(-c3ccccc3)noc2C)o1. The normalized spacial score (nSPS) is 11.3. The molecule has 0 bridgehead atoms. The molecule has 0 saturated heterocycles. The Balaban J connectivity index is 1.55. The van der Waals surface area contributed by atoms with Gasteiger partial charge in [0.05, 0.1) is 6.54 Å². The summed E-state index contributed by atoms with van der Waals surface area (Å²) in [5.41, 5.74) is 3.18. The average molecular weight is 392 g/mol. The van der Waals surface area contributed by atoms with Crippen LogP contribution in [0.4, 0.5) is 4.39 Å². The van der Waals surface area contributed by atoms with Gasteiger partial charge in [-0.1, -0.05) is 54.5 Å². The Kier molecular flexibility index (Phi) is 5.48. The quantitative estimate of drug-likeness (QED) is 0.447. The van der Waals surface area contributed by atoms with Gasteiger partial charge in [-0.05, 0) is 31.2 Å². The van der Waals surface area contributed by atoms with Crippen molar-refractivity contribution in [3.8, 4) is 22.7 Å². The lowest BCUT2D eigenvalue weighted by atomic mass is 10.1. The van der Waals surface area contributed by atoms with E-state index in [0.29, 0.717) is 41.9 Å². The topological polar surface area (TPSA) is 68.2 Å². The molecule has 0 radical (unpaired) electrons. The molecule has 2 heterocycles. The highest BCUT2D eigenvalue weighted by Gasteiger charge is 2.22. The Bertz CT molecular complexity index is 1090. The second kappa shape index (κ2) is 8.36. The van der Waals surface area contributed by atoms with Crippen LogP contribution in [0, 0.1) is 12.7 Å². The number of hydrogen-bond donors (Lipinski definition) is 0. The summed E-state index contributed by atoms with van der Waals surface area (Å²) in [5, 5.41) is 12.6. The van der Waals surface area contributed by atoms with Crippen LogP contribution in [0.3, 0.4) is 0 Å². The fraction of sp³-hybridized carbons (Fsp3) is 0.227. The van der Waals surface area contributed by atoms with Crippen LogP contribution in [0.1, 0.15) is 24.1 Å². The first-order chi connectivity index (χ1) is 14.1. The lowest BCUT2D eigenvalue weighted by molar-refractivity contribution is 0.243. The highest BCUT2D eigenvalue weighted by atomic mass is 19.1. The molecule has 0 spiro atoms. The van der Waals surface area contributed by atoms with E-state index in [9.17, 15) is 4.39 Å². The van der Waals surface area contributed by atoms with Gasteiger partial charge < -0.3 is 8.94 Å². The van der Waals surface area contributed by atoms with Gasteiger partial charge in [-0.25, -0.2) is 4.39 Å². The van der Waals surface area contributed by atoms with Crippen molar-refractivity contribution in [3.63, 3.8) is 0 Å². The number of aryl methyl sites for hydroxylation is 1. The summed E-state index contributed by atoms with van der Waals surface area (Å²) in [4.78, 5) is 2.10. The highest BCUT2D eigenvalue weighted by Crippen LogP contribution is 2.33. The van der Waals surface area contributed by atoms with E-state index >= 15 is 0 Å². The molecule has 4 rings (SSSR count). The van der Waals surface area contributed by atoms with Crippen LogP contribution in [0.25, 0.3) is 22.7 Å². The fourth-order valence-electron chi connectivity index (χ4n) is 3.20. The first-order valence-corrected chi connectivity index (χ1v) is 9.45. The second-order valence-corrected chi connectivity index (χ2v) is 6.76. The minimum absolute atomic E-state index is 0.241. The van der Waals surface area contributed by atoms with Crippen molar-refractivity contribution in [1.82, 2.24) is 20.3 Å². The van der Waals surface area contributed by atoms with Crippen LogP contribution in [0.5, 0.6) is 0 Å². The van der Waals surface area contributed by atoms with E-state index in [0.717, 1.165) is 17.7 Å². The molecule has 0 atom stereocenters. The van der Waals surface area contributed by atoms with Crippen LogP contribution in [-0.2, 0) is 13.1 Å². The summed E-state index contributed by atoms with van der Waals surface area (Å²) in [6.45, 7) is 5.67. The van der Waals surface area contributed by atoms with Crippen molar-refractivity contribution in [2.24, 2.45) is 0 Å². The van der Waals surface area contributed by atoms with E-state index in [1.807, 2.05) is 50.2 Å². The summed E-state index contributed by atoms with van der Waals surface area (Å²) >= 11 is 0. The Morgan fingerprint density at radius 1 is 1.00 bits per heavy atom. The molecule has 0 aliphatic carbocycles. The summed E-state index contributed by atoms with van der Waals surface area (Å²) in [5.74, 6) is 1.23. The van der Waals surface area contributed by atoms with Crippen LogP contribution in [0.2, 0.25) is 0 Å². The maximum atomic E-state index is 13.5. The maximum absolute atomic E-state index is 13.5. The van der Waals surface area contributed by atoms with E-state index < -0.39 is 0 Å². The van der Waals surface area contributed by atoms with E-state index in [1.165, 1.54) is 12.1 Å². The smallest absolute Gasteiger partial charge is 0.253 e. The van der Waals surface area contributed by atoms with Gasteiger partial charge in [0.15, 0.2) is 0 Å². The van der Waals surface area contributed by atoms with Gasteiger partial charge in [0.2, 0.25) is 5.89 Å². The molecule has 29 heavy (non-hydrogen) atoms. The molecule has 0 amide bonds. The van der Waals surface area contributed by atoms with Crippen molar-refractivity contribution in [2.75, 3.05) is 6.54 Å². The molecule has 0 aliphatic rings. The van der Waals surface area contributed by atoms with Gasteiger partial charge in [-0.3, -0.25) is 4.90 Å². The third kappa shape index (κ3) is 4.25. The van der Waals surface area contributed by atoms with Crippen LogP contribution in [0.15, 0.2) is 63.5 Å². The summed E-state index contributed by atoms with van der Waals surface area (Å²) in [7, 11) is 0. The Morgan fingerprint density at radius 3 is 2.59 bits per heavy atom. The zero-order valence-corrected chi connectivity index (χ0v) is 16.3. The molecular weight excluding hydrogens is 371 g/mol. The molecule has 2 aromatic heterocycles. The second-order valence-electron chi connectivity index (χ2n) is 6.76. The number of nitrogens with zero attached hydrogens (tertiary/aromatic N) is 4. The lowest BCUT2D eigenvalue weighted by Gasteiger charge is -2.18. The molecular formula is C22H21FN4O2. The lowest BCUT2D eigenvalue weighted by Crippen LogP contribution is -2.22. The molecule has 2 aromatic carbocycles. The molecule has 0 N–H and O–H groups in total. The van der Waals surface area contributed by atoms with Crippen molar-refractivity contribution >= 4 is 0 Å². The van der Waals surface area contributed by atoms with Gasteiger partial charge in [-0.2, -0.15) is 0 Å². The van der Waals surface area contributed by atoms with Crippen molar-refractivity contribution in [1.29, 1.82) is 0 Å². The fourth-order valence-corrected chi connectivity index (χ4v) is 3.20. The average Bonchev–Trinajstić information content (AvgIpc) is 3.34. The van der Waals surface area contributed by atoms with E-state index in [-0.39, 0.29) is 5.82 Å². The van der Waals surface area contributed by atoms with Gasteiger partial charge in [0.1, 0.15) is 22.8 Å². The first-order valence-electron chi connectivity index (χ1n) is 9.45. The number of hydrogen-bond acceptors (Lipinski definition) is 6. The van der Waals surface area contributed by atoms with Gasteiger partial charge in [0.25, 0.3) is 5.89 Å². The summed E-state index contributed by atoms with van der Waals surface area (Å²) in [6.07, 6.45) is 0. The summed E-state index contributed by atoms with van der Waals surface area (Å²) < 4.78 is 24.8. The molecule has 0 saturated carbocycles. The molecule has 7 heteroatoms.